The summed E-state index contributed by atoms with van der Waals surface area (Å²) in [4.78, 5) is 0. The molecule has 1 aromatic carbocycles. The molecule has 0 aliphatic heterocycles. The summed E-state index contributed by atoms with van der Waals surface area (Å²) >= 11 is 6.06. The molecule has 1 heterocycles. The molecule has 1 N–H and O–H groups in total. The molecule has 0 radical (unpaired) electrons. The van der Waals surface area contributed by atoms with Crippen molar-refractivity contribution >= 4 is 17.3 Å². The molecule has 0 saturated carbocycles. The Hall–Kier alpha value is -1.48. The van der Waals surface area contributed by atoms with Gasteiger partial charge in [0.1, 0.15) is 0 Å². The van der Waals surface area contributed by atoms with Crippen LogP contribution < -0.4 is 5.32 Å². The molecule has 4 heteroatoms. The lowest BCUT2D eigenvalue weighted by atomic mass is 10.3. The Bertz CT molecular complexity index is 505. The van der Waals surface area contributed by atoms with E-state index in [0.717, 1.165) is 29.5 Å². The molecule has 0 fully saturated rings. The molecule has 2 rings (SSSR count). The van der Waals surface area contributed by atoms with E-state index in [1.54, 1.807) is 0 Å². The molecule has 0 aliphatic rings. The maximum absolute atomic E-state index is 6.06. The lowest BCUT2D eigenvalue weighted by Gasteiger charge is -2.09. The molecule has 3 nitrogen and oxygen atoms in total. The lowest BCUT2D eigenvalue weighted by molar-refractivity contribution is 0.615. The minimum Gasteiger partial charge on any atom is -0.382 e. The molecule has 90 valence electrons. The molecule has 1 aromatic heterocycles. The Kier molecular flexibility index (Phi) is 3.69. The van der Waals surface area contributed by atoms with Crippen LogP contribution in [0.3, 0.4) is 0 Å². The highest BCUT2D eigenvalue weighted by Gasteiger charge is 2.01. The van der Waals surface area contributed by atoms with E-state index in [0.29, 0.717) is 0 Å². The lowest BCUT2D eigenvalue weighted by Crippen LogP contribution is -2.12. The van der Waals surface area contributed by atoms with Gasteiger partial charge in [0.2, 0.25) is 0 Å². The number of para-hydroxylation sites is 1. The topological polar surface area (TPSA) is 29.9 Å². The standard InChI is InChI=1S/C13H16ClN3/c1-10-9-11(2)17(16-10)8-7-15-13-6-4-3-5-12(13)14/h3-6,9,15H,7-8H2,1-2H3. The van der Waals surface area contributed by atoms with Gasteiger partial charge in [0.05, 0.1) is 22.9 Å². The van der Waals surface area contributed by atoms with Gasteiger partial charge < -0.3 is 5.32 Å². The van der Waals surface area contributed by atoms with E-state index in [1.807, 2.05) is 35.9 Å². The fourth-order valence-electron chi connectivity index (χ4n) is 1.80. The highest BCUT2D eigenvalue weighted by molar-refractivity contribution is 6.33. The van der Waals surface area contributed by atoms with Crippen LogP contribution in [-0.4, -0.2) is 16.3 Å². The van der Waals surface area contributed by atoms with E-state index in [9.17, 15) is 0 Å². The van der Waals surface area contributed by atoms with E-state index in [-0.39, 0.29) is 0 Å². The van der Waals surface area contributed by atoms with Crippen LogP contribution in [0.4, 0.5) is 5.69 Å². The van der Waals surface area contributed by atoms with Crippen molar-refractivity contribution in [3.8, 4) is 0 Å². The van der Waals surface area contributed by atoms with Gasteiger partial charge in [-0.3, -0.25) is 4.68 Å². The van der Waals surface area contributed by atoms with Crippen molar-refractivity contribution in [1.82, 2.24) is 9.78 Å². The van der Waals surface area contributed by atoms with E-state index in [4.69, 9.17) is 11.6 Å². The maximum Gasteiger partial charge on any atom is 0.0637 e. The van der Waals surface area contributed by atoms with Crippen molar-refractivity contribution in [2.24, 2.45) is 0 Å². The van der Waals surface area contributed by atoms with Gasteiger partial charge in [0, 0.05) is 12.2 Å². The molecule has 17 heavy (non-hydrogen) atoms. The summed E-state index contributed by atoms with van der Waals surface area (Å²) < 4.78 is 2.00. The third-order valence-corrected chi connectivity index (χ3v) is 2.95. The molecule has 0 aliphatic carbocycles. The fraction of sp³-hybridized carbons (Fsp3) is 0.308. The van der Waals surface area contributed by atoms with Gasteiger partial charge in [0.25, 0.3) is 0 Å². The highest BCUT2D eigenvalue weighted by atomic mass is 35.5. The number of anilines is 1. The largest absolute Gasteiger partial charge is 0.382 e. The second-order valence-electron chi connectivity index (χ2n) is 4.06. The third kappa shape index (κ3) is 3.01. The summed E-state index contributed by atoms with van der Waals surface area (Å²) in [5.41, 5.74) is 3.21. The molecule has 0 bridgehead atoms. The molecule has 0 spiro atoms. The first-order chi connectivity index (χ1) is 8.16. The number of nitrogens with one attached hydrogen (secondary N) is 1. The first kappa shape index (κ1) is 12.0. The number of halogens is 1. The van der Waals surface area contributed by atoms with Crippen LogP contribution in [0.15, 0.2) is 30.3 Å². The fourth-order valence-corrected chi connectivity index (χ4v) is 2.00. The Balaban J connectivity index is 1.92. The first-order valence-electron chi connectivity index (χ1n) is 5.66. The molecule has 0 atom stereocenters. The normalized spacial score (nSPS) is 10.5. The number of hydrogen-bond acceptors (Lipinski definition) is 2. The molecule has 2 aromatic rings. The molecule has 0 unspecified atom stereocenters. The smallest absolute Gasteiger partial charge is 0.0637 e. The Labute approximate surface area is 106 Å². The van der Waals surface area contributed by atoms with Crippen molar-refractivity contribution in [2.75, 3.05) is 11.9 Å². The van der Waals surface area contributed by atoms with Crippen molar-refractivity contribution < 1.29 is 0 Å². The van der Waals surface area contributed by atoms with Gasteiger partial charge in [0.15, 0.2) is 0 Å². The third-order valence-electron chi connectivity index (χ3n) is 2.62. The zero-order valence-corrected chi connectivity index (χ0v) is 10.8. The van der Waals surface area contributed by atoms with Crippen LogP contribution in [0.5, 0.6) is 0 Å². The summed E-state index contributed by atoms with van der Waals surface area (Å²) in [6.45, 7) is 5.72. The molecule has 0 amide bonds. The predicted octanol–water partition coefficient (Wildman–Crippen LogP) is 3.27. The van der Waals surface area contributed by atoms with Crippen molar-refractivity contribution in [3.63, 3.8) is 0 Å². The summed E-state index contributed by atoms with van der Waals surface area (Å²) in [5.74, 6) is 0. The van der Waals surface area contributed by atoms with Crippen LogP contribution >= 0.6 is 11.6 Å². The number of rotatable bonds is 4. The van der Waals surface area contributed by atoms with Gasteiger partial charge >= 0.3 is 0 Å². The van der Waals surface area contributed by atoms with E-state index in [2.05, 4.69) is 23.4 Å². The van der Waals surface area contributed by atoms with Gasteiger partial charge in [-0.15, -0.1) is 0 Å². The van der Waals surface area contributed by atoms with Gasteiger partial charge in [-0.2, -0.15) is 5.10 Å². The van der Waals surface area contributed by atoms with Crippen molar-refractivity contribution in [3.05, 3.63) is 46.7 Å². The van der Waals surface area contributed by atoms with Crippen LogP contribution in [0.1, 0.15) is 11.4 Å². The Morgan fingerprint density at radius 3 is 2.71 bits per heavy atom. The zero-order valence-electron chi connectivity index (χ0n) is 10.1. The SMILES string of the molecule is Cc1cc(C)n(CCNc2ccccc2Cl)n1. The summed E-state index contributed by atoms with van der Waals surface area (Å²) in [6.07, 6.45) is 0. The Morgan fingerprint density at radius 1 is 1.29 bits per heavy atom. The number of aryl methyl sites for hydroxylation is 2. The first-order valence-corrected chi connectivity index (χ1v) is 6.04. The average Bonchev–Trinajstić information content (AvgIpc) is 2.60. The predicted molar refractivity (Wildman–Crippen MR) is 71.6 cm³/mol. The van der Waals surface area contributed by atoms with Crippen LogP contribution in [0, 0.1) is 13.8 Å². The van der Waals surface area contributed by atoms with E-state index < -0.39 is 0 Å². The highest BCUT2D eigenvalue weighted by Crippen LogP contribution is 2.19. The summed E-state index contributed by atoms with van der Waals surface area (Å²) in [6, 6.07) is 9.83. The average molecular weight is 250 g/mol. The van der Waals surface area contributed by atoms with Crippen LogP contribution in [0.2, 0.25) is 5.02 Å². The number of hydrogen-bond donors (Lipinski definition) is 1. The monoisotopic (exact) mass is 249 g/mol. The maximum atomic E-state index is 6.06. The summed E-state index contributed by atoms with van der Waals surface area (Å²) in [7, 11) is 0. The minimum atomic E-state index is 0.751. The quantitative estimate of drug-likeness (QED) is 0.901. The Morgan fingerprint density at radius 2 is 2.06 bits per heavy atom. The van der Waals surface area contributed by atoms with Gasteiger partial charge in [-0.1, -0.05) is 23.7 Å². The van der Waals surface area contributed by atoms with Crippen LogP contribution in [-0.2, 0) is 6.54 Å². The van der Waals surface area contributed by atoms with Gasteiger partial charge in [-0.25, -0.2) is 0 Å². The second kappa shape index (κ2) is 5.23. The second-order valence-corrected chi connectivity index (χ2v) is 4.46. The van der Waals surface area contributed by atoms with E-state index >= 15 is 0 Å². The van der Waals surface area contributed by atoms with E-state index in [1.165, 1.54) is 5.69 Å². The number of aromatic nitrogens is 2. The molecular formula is C13H16ClN3. The van der Waals surface area contributed by atoms with Crippen LogP contribution in [0.25, 0.3) is 0 Å². The number of nitrogens with zero attached hydrogens (tertiary/aromatic N) is 2. The molecule has 0 saturated heterocycles. The molecular weight excluding hydrogens is 234 g/mol. The zero-order chi connectivity index (χ0) is 12.3. The van der Waals surface area contributed by atoms with Crippen molar-refractivity contribution in [2.45, 2.75) is 20.4 Å². The minimum absolute atomic E-state index is 0.751. The number of benzene rings is 1. The van der Waals surface area contributed by atoms with Gasteiger partial charge in [-0.05, 0) is 32.0 Å². The summed E-state index contributed by atoms with van der Waals surface area (Å²) in [5, 5.41) is 8.46. The van der Waals surface area contributed by atoms with Crippen molar-refractivity contribution in [1.29, 1.82) is 0 Å².